The Labute approximate surface area is 224 Å². The van der Waals surface area contributed by atoms with E-state index in [-0.39, 0.29) is 18.2 Å². The number of nitrogens with zero attached hydrogens (tertiary/aromatic N) is 1. The van der Waals surface area contributed by atoms with Crippen molar-refractivity contribution in [3.63, 3.8) is 0 Å². The molecule has 3 amide bonds. The normalized spacial score (nSPS) is 13.0. The maximum Gasteiger partial charge on any atom is 0.408 e. The monoisotopic (exact) mass is 531 g/mol. The van der Waals surface area contributed by atoms with Crippen molar-refractivity contribution < 1.29 is 24.2 Å². The molecule has 2 aromatic carbocycles. The molecule has 0 radical (unpaired) electrons. The third-order valence-corrected chi connectivity index (χ3v) is 6.11. The molecule has 2 rings (SSSR count). The first-order valence-electron chi connectivity index (χ1n) is 12.3. The minimum atomic E-state index is -1.06. The summed E-state index contributed by atoms with van der Waals surface area (Å²) >= 11 is 6.36. The summed E-state index contributed by atoms with van der Waals surface area (Å²) in [6.45, 7) is 14.3. The zero-order valence-corrected chi connectivity index (χ0v) is 23.6. The summed E-state index contributed by atoms with van der Waals surface area (Å²) in [7, 11) is 0. The lowest BCUT2D eigenvalue weighted by atomic mass is 9.97. The number of aromatic hydroxyl groups is 1. The molecule has 0 aliphatic carbocycles. The van der Waals surface area contributed by atoms with Gasteiger partial charge in [-0.25, -0.2) is 4.79 Å². The number of hydrogen-bond donors (Lipinski definition) is 3. The lowest BCUT2D eigenvalue weighted by Gasteiger charge is -2.35. The first-order chi connectivity index (χ1) is 17.2. The number of anilines is 1. The molecular formula is C28H38ClN3O5. The lowest BCUT2D eigenvalue weighted by Crippen LogP contribution is -2.54. The summed E-state index contributed by atoms with van der Waals surface area (Å²) in [5.74, 6) is -1.13. The van der Waals surface area contributed by atoms with E-state index < -0.39 is 35.6 Å². The van der Waals surface area contributed by atoms with E-state index in [2.05, 4.69) is 10.6 Å². The Balaban J connectivity index is 2.52. The van der Waals surface area contributed by atoms with E-state index in [1.165, 1.54) is 11.0 Å². The van der Waals surface area contributed by atoms with Gasteiger partial charge < -0.3 is 25.4 Å². The van der Waals surface area contributed by atoms with Gasteiger partial charge in [-0.15, -0.1) is 0 Å². The van der Waals surface area contributed by atoms with Crippen molar-refractivity contribution >= 4 is 35.2 Å². The van der Waals surface area contributed by atoms with Crippen molar-refractivity contribution in [3.8, 4) is 5.75 Å². The lowest BCUT2D eigenvalue weighted by molar-refractivity contribution is -0.141. The molecule has 0 aromatic heterocycles. The SMILES string of the molecule is CCN(C(=O)C(NC(=O)OC(C)(C)C)C(C)C)C(C(=O)Nc1c(C)cccc1Cl)c1ccc(O)c(C)c1. The number of likely N-dealkylation sites (N-methyl/N-ethyl adjacent to an activating group) is 1. The van der Waals surface area contributed by atoms with Crippen LogP contribution in [0.25, 0.3) is 0 Å². The van der Waals surface area contributed by atoms with Crippen LogP contribution in [-0.4, -0.2) is 46.1 Å². The van der Waals surface area contributed by atoms with Gasteiger partial charge in [-0.1, -0.05) is 43.6 Å². The molecule has 0 fully saturated rings. The summed E-state index contributed by atoms with van der Waals surface area (Å²) in [6, 6.07) is 8.04. The van der Waals surface area contributed by atoms with Crippen molar-refractivity contribution in [3.05, 3.63) is 58.1 Å². The van der Waals surface area contributed by atoms with Crippen molar-refractivity contribution in [2.75, 3.05) is 11.9 Å². The minimum Gasteiger partial charge on any atom is -0.508 e. The second kappa shape index (κ2) is 12.3. The summed E-state index contributed by atoms with van der Waals surface area (Å²) in [5.41, 5.74) is 1.54. The van der Waals surface area contributed by atoms with Crippen LogP contribution >= 0.6 is 11.6 Å². The van der Waals surface area contributed by atoms with E-state index in [4.69, 9.17) is 16.3 Å². The highest BCUT2D eigenvalue weighted by Crippen LogP contribution is 2.31. The predicted octanol–water partition coefficient (Wildman–Crippen LogP) is 5.74. The van der Waals surface area contributed by atoms with Crippen LogP contribution in [0.2, 0.25) is 5.02 Å². The average molecular weight is 532 g/mol. The van der Waals surface area contributed by atoms with Gasteiger partial charge in [-0.2, -0.15) is 0 Å². The summed E-state index contributed by atoms with van der Waals surface area (Å²) < 4.78 is 5.37. The van der Waals surface area contributed by atoms with Gasteiger partial charge in [0, 0.05) is 6.54 Å². The molecule has 2 unspecified atom stereocenters. The molecule has 0 heterocycles. The van der Waals surface area contributed by atoms with Crippen LogP contribution < -0.4 is 10.6 Å². The number of alkyl carbamates (subject to hydrolysis) is 1. The molecule has 0 saturated heterocycles. The van der Waals surface area contributed by atoms with Crippen molar-refractivity contribution in [2.45, 2.75) is 73.1 Å². The second-order valence-corrected chi connectivity index (χ2v) is 10.8. The molecule has 9 heteroatoms. The maximum atomic E-state index is 13.9. The topological polar surface area (TPSA) is 108 Å². The summed E-state index contributed by atoms with van der Waals surface area (Å²) in [6.07, 6.45) is -0.719. The van der Waals surface area contributed by atoms with Crippen molar-refractivity contribution in [1.29, 1.82) is 0 Å². The Bertz CT molecular complexity index is 1120. The number of ether oxygens (including phenoxy) is 1. The number of nitrogens with one attached hydrogen (secondary N) is 2. The van der Waals surface area contributed by atoms with E-state index in [9.17, 15) is 19.5 Å². The average Bonchev–Trinajstić information content (AvgIpc) is 2.78. The van der Waals surface area contributed by atoms with E-state index >= 15 is 0 Å². The highest BCUT2D eigenvalue weighted by molar-refractivity contribution is 6.34. The van der Waals surface area contributed by atoms with Gasteiger partial charge in [0.05, 0.1) is 10.7 Å². The fraction of sp³-hybridized carbons (Fsp3) is 0.464. The van der Waals surface area contributed by atoms with Crippen LogP contribution in [0.3, 0.4) is 0 Å². The van der Waals surface area contributed by atoms with Crippen molar-refractivity contribution in [1.82, 2.24) is 10.2 Å². The van der Waals surface area contributed by atoms with E-state index in [1.54, 1.807) is 72.7 Å². The smallest absolute Gasteiger partial charge is 0.408 e. The molecule has 8 nitrogen and oxygen atoms in total. The minimum absolute atomic E-state index is 0.0749. The fourth-order valence-electron chi connectivity index (χ4n) is 3.90. The molecule has 2 aromatic rings. The molecule has 0 aliphatic rings. The number of hydrogen-bond acceptors (Lipinski definition) is 5. The summed E-state index contributed by atoms with van der Waals surface area (Å²) in [4.78, 5) is 41.6. The first kappa shape index (κ1) is 30.0. The fourth-order valence-corrected chi connectivity index (χ4v) is 4.16. The predicted molar refractivity (Wildman–Crippen MR) is 146 cm³/mol. The molecular weight excluding hydrogens is 494 g/mol. The van der Waals surface area contributed by atoms with Gasteiger partial charge in [-0.05, 0) is 82.3 Å². The van der Waals surface area contributed by atoms with Gasteiger partial charge in [0.25, 0.3) is 5.91 Å². The number of benzene rings is 2. The zero-order chi connectivity index (χ0) is 28.1. The molecule has 3 N–H and O–H groups in total. The van der Waals surface area contributed by atoms with Gasteiger partial charge in [0.15, 0.2) is 0 Å². The Morgan fingerprint density at radius 2 is 1.73 bits per heavy atom. The van der Waals surface area contributed by atoms with E-state index in [1.807, 2.05) is 13.0 Å². The Morgan fingerprint density at radius 3 is 2.24 bits per heavy atom. The Morgan fingerprint density at radius 1 is 1.08 bits per heavy atom. The molecule has 2 atom stereocenters. The van der Waals surface area contributed by atoms with Crippen molar-refractivity contribution in [2.24, 2.45) is 5.92 Å². The standard InChI is InChI=1S/C28H38ClN3O5/c1-9-32(26(35)22(16(2)3)31-27(36)37-28(6,7)8)24(19-13-14-21(33)18(5)15-19)25(34)30-23-17(4)11-10-12-20(23)29/h10-16,22,24,33H,9H2,1-8H3,(H,30,34)(H,31,36). The zero-order valence-electron chi connectivity index (χ0n) is 22.8. The molecule has 0 bridgehead atoms. The highest BCUT2D eigenvalue weighted by atomic mass is 35.5. The van der Waals surface area contributed by atoms with Crippen LogP contribution in [0.15, 0.2) is 36.4 Å². The number of halogens is 1. The number of rotatable bonds is 8. The van der Waals surface area contributed by atoms with Crippen LogP contribution in [0.1, 0.15) is 64.3 Å². The van der Waals surface area contributed by atoms with Crippen LogP contribution in [0.5, 0.6) is 5.75 Å². The number of aryl methyl sites for hydroxylation is 2. The third kappa shape index (κ3) is 7.86. The molecule has 202 valence electrons. The van der Waals surface area contributed by atoms with Crippen LogP contribution in [0.4, 0.5) is 10.5 Å². The number of phenols is 1. The van der Waals surface area contributed by atoms with Gasteiger partial charge >= 0.3 is 6.09 Å². The van der Waals surface area contributed by atoms with Gasteiger partial charge in [-0.3, -0.25) is 9.59 Å². The molecule has 0 aliphatic heterocycles. The largest absolute Gasteiger partial charge is 0.508 e. The highest BCUT2D eigenvalue weighted by Gasteiger charge is 2.37. The Hall–Kier alpha value is -3.26. The van der Waals surface area contributed by atoms with Crippen LogP contribution in [-0.2, 0) is 14.3 Å². The molecule has 0 saturated carbocycles. The second-order valence-electron chi connectivity index (χ2n) is 10.4. The van der Waals surface area contributed by atoms with Gasteiger partial charge in [0.2, 0.25) is 5.91 Å². The first-order valence-corrected chi connectivity index (χ1v) is 12.7. The quantitative estimate of drug-likeness (QED) is 0.402. The number of carbonyl (C=O) groups excluding carboxylic acids is 3. The van der Waals surface area contributed by atoms with Crippen LogP contribution in [0, 0.1) is 19.8 Å². The molecule has 0 spiro atoms. The number of carbonyl (C=O) groups is 3. The van der Waals surface area contributed by atoms with Gasteiger partial charge in [0.1, 0.15) is 23.4 Å². The summed E-state index contributed by atoms with van der Waals surface area (Å²) in [5, 5.41) is 16.0. The molecule has 37 heavy (non-hydrogen) atoms. The van der Waals surface area contributed by atoms with E-state index in [0.29, 0.717) is 21.8 Å². The number of amides is 3. The van der Waals surface area contributed by atoms with E-state index in [0.717, 1.165) is 5.56 Å². The Kier molecular flexibility index (Phi) is 9.98. The maximum absolute atomic E-state index is 13.9. The third-order valence-electron chi connectivity index (χ3n) is 5.80. The number of para-hydroxylation sites is 1. The number of phenolic OH excluding ortho intramolecular Hbond substituents is 1.